The lowest BCUT2D eigenvalue weighted by molar-refractivity contribution is -0.137. The third-order valence-electron chi connectivity index (χ3n) is 2.41. The Morgan fingerprint density at radius 2 is 2.21 bits per heavy atom. The summed E-state index contributed by atoms with van der Waals surface area (Å²) in [7, 11) is 0. The van der Waals surface area contributed by atoms with Crippen LogP contribution in [0.5, 0.6) is 0 Å². The number of hydrogen-bond donors (Lipinski definition) is 1. The van der Waals surface area contributed by atoms with E-state index in [-0.39, 0.29) is 5.97 Å². The maximum atomic E-state index is 10.1. The minimum absolute atomic E-state index is 0.359. The molecule has 0 saturated carbocycles. The van der Waals surface area contributed by atoms with Crippen LogP contribution in [0.3, 0.4) is 0 Å². The third-order valence-corrected chi connectivity index (χ3v) is 2.41. The number of carbonyl (C=O) groups is 1. The Bertz CT molecular complexity index is 427. The summed E-state index contributed by atoms with van der Waals surface area (Å²) in [4.78, 5) is 14.4. The van der Waals surface area contributed by atoms with Gasteiger partial charge in [0.15, 0.2) is 0 Å². The van der Waals surface area contributed by atoms with E-state index >= 15 is 0 Å². The summed E-state index contributed by atoms with van der Waals surface area (Å²) in [5.74, 6) is 0.767. The Labute approximate surface area is 114 Å². The van der Waals surface area contributed by atoms with Crippen LogP contribution in [0.2, 0.25) is 0 Å². The van der Waals surface area contributed by atoms with Gasteiger partial charge in [0.05, 0.1) is 13.2 Å². The van der Waals surface area contributed by atoms with E-state index in [0.29, 0.717) is 6.61 Å². The summed E-state index contributed by atoms with van der Waals surface area (Å²) in [6, 6.07) is 10.4. The molecule has 19 heavy (non-hydrogen) atoms. The molecule has 0 aliphatic carbocycles. The Hall–Kier alpha value is -2.10. The Balaban J connectivity index is 0.000000224. The van der Waals surface area contributed by atoms with E-state index in [1.165, 1.54) is 5.56 Å². The molecule has 1 heterocycles. The van der Waals surface area contributed by atoms with E-state index in [0.717, 1.165) is 31.4 Å². The quantitative estimate of drug-likeness (QED) is 0.665. The molecule has 0 spiro atoms. The summed E-state index contributed by atoms with van der Waals surface area (Å²) < 4.78 is 4.43. The van der Waals surface area contributed by atoms with Crippen LogP contribution in [0, 0.1) is 0 Å². The number of rotatable bonds is 4. The van der Waals surface area contributed by atoms with Crippen LogP contribution in [0.4, 0.5) is 0 Å². The molecule has 0 unspecified atom stereocenters. The molecule has 1 aromatic carbocycles. The van der Waals surface area contributed by atoms with Crippen LogP contribution in [-0.4, -0.2) is 31.5 Å². The number of carbonyl (C=O) groups excluding carboxylic acids is 1. The van der Waals surface area contributed by atoms with Crippen molar-refractivity contribution in [2.75, 3.05) is 19.7 Å². The number of nitrogens with zero attached hydrogens (tertiary/aromatic N) is 1. The first-order valence-electron chi connectivity index (χ1n) is 6.36. The van der Waals surface area contributed by atoms with Gasteiger partial charge in [-0.15, -0.1) is 0 Å². The summed E-state index contributed by atoms with van der Waals surface area (Å²) >= 11 is 0. The number of ether oxygens (including phenoxy) is 1. The smallest absolute Gasteiger partial charge is 0.330 e. The second kappa shape index (κ2) is 8.91. The molecule has 2 rings (SSSR count). The Morgan fingerprint density at radius 1 is 1.47 bits per heavy atom. The van der Waals surface area contributed by atoms with Crippen molar-refractivity contribution >= 4 is 11.8 Å². The zero-order chi connectivity index (χ0) is 13.9. The second-order valence-corrected chi connectivity index (χ2v) is 3.87. The first-order valence-corrected chi connectivity index (χ1v) is 6.36. The van der Waals surface area contributed by atoms with Crippen molar-refractivity contribution in [2.45, 2.75) is 13.3 Å². The Morgan fingerprint density at radius 3 is 2.68 bits per heavy atom. The average molecular weight is 260 g/mol. The summed E-state index contributed by atoms with van der Waals surface area (Å²) in [6.07, 6.45) is 2.09. The normalized spacial score (nSPS) is 12.6. The molecular formula is C15H20N2O2. The van der Waals surface area contributed by atoms with Crippen molar-refractivity contribution < 1.29 is 9.53 Å². The van der Waals surface area contributed by atoms with E-state index in [1.54, 1.807) is 6.92 Å². The van der Waals surface area contributed by atoms with Crippen LogP contribution in [0.1, 0.15) is 12.5 Å². The minimum atomic E-state index is -0.359. The molecular weight excluding hydrogens is 240 g/mol. The molecule has 0 aromatic heterocycles. The van der Waals surface area contributed by atoms with Gasteiger partial charge in [-0.1, -0.05) is 36.9 Å². The fourth-order valence-electron chi connectivity index (χ4n) is 1.56. The van der Waals surface area contributed by atoms with Crippen LogP contribution in [0.15, 0.2) is 48.0 Å². The van der Waals surface area contributed by atoms with Crippen molar-refractivity contribution in [3.63, 3.8) is 0 Å². The van der Waals surface area contributed by atoms with Crippen molar-refractivity contribution in [3.05, 3.63) is 48.6 Å². The van der Waals surface area contributed by atoms with Gasteiger partial charge in [-0.05, 0) is 12.5 Å². The monoisotopic (exact) mass is 260 g/mol. The number of esters is 1. The Kier molecular flexibility index (Phi) is 7.02. The molecule has 4 heteroatoms. The van der Waals surface area contributed by atoms with Crippen molar-refractivity contribution in [2.24, 2.45) is 4.99 Å². The molecule has 0 bridgehead atoms. The summed E-state index contributed by atoms with van der Waals surface area (Å²) in [5, 5.41) is 3.26. The van der Waals surface area contributed by atoms with E-state index in [4.69, 9.17) is 0 Å². The van der Waals surface area contributed by atoms with Gasteiger partial charge in [0.1, 0.15) is 5.84 Å². The lowest BCUT2D eigenvalue weighted by Gasteiger charge is -2.00. The molecule has 0 radical (unpaired) electrons. The largest absolute Gasteiger partial charge is 0.463 e. The van der Waals surface area contributed by atoms with Gasteiger partial charge in [-0.25, -0.2) is 4.79 Å². The second-order valence-electron chi connectivity index (χ2n) is 3.87. The van der Waals surface area contributed by atoms with Crippen molar-refractivity contribution in [1.29, 1.82) is 0 Å². The summed E-state index contributed by atoms with van der Waals surface area (Å²) in [6.45, 7) is 7.31. The lowest BCUT2D eigenvalue weighted by atomic mass is 10.1. The average Bonchev–Trinajstić information content (AvgIpc) is 2.94. The highest BCUT2D eigenvalue weighted by atomic mass is 16.5. The minimum Gasteiger partial charge on any atom is -0.463 e. The number of benzene rings is 1. The van der Waals surface area contributed by atoms with Gasteiger partial charge < -0.3 is 10.1 Å². The first kappa shape index (κ1) is 15.0. The molecule has 0 atom stereocenters. The predicted molar refractivity (Wildman–Crippen MR) is 77.3 cm³/mol. The van der Waals surface area contributed by atoms with Crippen LogP contribution >= 0.6 is 0 Å². The van der Waals surface area contributed by atoms with E-state index in [1.807, 2.05) is 6.07 Å². The number of amidine groups is 1. The first-order chi connectivity index (χ1) is 9.26. The van der Waals surface area contributed by atoms with Crippen molar-refractivity contribution in [3.8, 4) is 0 Å². The zero-order valence-corrected chi connectivity index (χ0v) is 11.3. The fourth-order valence-corrected chi connectivity index (χ4v) is 1.56. The van der Waals surface area contributed by atoms with Crippen molar-refractivity contribution in [1.82, 2.24) is 5.32 Å². The van der Waals surface area contributed by atoms with Gasteiger partial charge in [-0.2, -0.15) is 0 Å². The molecule has 1 aliphatic rings. The maximum absolute atomic E-state index is 10.1. The standard InChI is InChI=1S/C10H12N2.C5H8O2/c1-2-4-9(5-3-1)8-10-11-6-7-12-10;1-3-5(6)7-4-2/h1-5H,6-8H2,(H,11,12);3H,1,4H2,2H3. The van der Waals surface area contributed by atoms with E-state index < -0.39 is 0 Å². The number of hydrogen-bond acceptors (Lipinski definition) is 4. The van der Waals surface area contributed by atoms with E-state index in [2.05, 4.69) is 45.9 Å². The van der Waals surface area contributed by atoms with Gasteiger partial charge in [0.25, 0.3) is 0 Å². The highest BCUT2D eigenvalue weighted by molar-refractivity contribution is 5.85. The van der Waals surface area contributed by atoms with Gasteiger partial charge >= 0.3 is 5.97 Å². The third kappa shape index (κ3) is 6.41. The van der Waals surface area contributed by atoms with E-state index in [9.17, 15) is 4.79 Å². The van der Waals surface area contributed by atoms with Crippen LogP contribution in [0.25, 0.3) is 0 Å². The molecule has 4 nitrogen and oxygen atoms in total. The highest BCUT2D eigenvalue weighted by Crippen LogP contribution is 2.01. The predicted octanol–water partition coefficient (Wildman–Crippen LogP) is 1.97. The van der Waals surface area contributed by atoms with Gasteiger partial charge in [0.2, 0.25) is 0 Å². The number of aliphatic imine (C=N–C) groups is 1. The molecule has 102 valence electrons. The maximum Gasteiger partial charge on any atom is 0.330 e. The van der Waals surface area contributed by atoms with Gasteiger partial charge in [-0.3, -0.25) is 4.99 Å². The summed E-state index contributed by atoms with van der Waals surface area (Å²) in [5.41, 5.74) is 1.32. The molecule has 0 fully saturated rings. The number of nitrogens with one attached hydrogen (secondary N) is 1. The molecule has 1 N–H and O–H groups in total. The molecule has 1 aliphatic heterocycles. The molecule has 0 amide bonds. The molecule has 1 aromatic rings. The molecule has 0 saturated heterocycles. The fraction of sp³-hybridized carbons (Fsp3) is 0.333. The SMILES string of the molecule is C=CC(=O)OCC.c1ccc(CC2=NCCN2)cc1. The topological polar surface area (TPSA) is 50.7 Å². The van der Waals surface area contributed by atoms with Crippen LogP contribution < -0.4 is 5.32 Å². The highest BCUT2D eigenvalue weighted by Gasteiger charge is 2.04. The zero-order valence-electron chi connectivity index (χ0n) is 11.3. The van der Waals surface area contributed by atoms with Gasteiger partial charge in [0, 0.05) is 19.0 Å². The lowest BCUT2D eigenvalue weighted by Crippen LogP contribution is -2.20. The van der Waals surface area contributed by atoms with Crippen LogP contribution in [-0.2, 0) is 16.0 Å².